The molecule has 28 heavy (non-hydrogen) atoms. The maximum absolute atomic E-state index is 12.7. The lowest BCUT2D eigenvalue weighted by atomic mass is 10.1. The van der Waals surface area contributed by atoms with E-state index in [1.54, 1.807) is 12.1 Å². The number of hydrogen-bond acceptors (Lipinski definition) is 5. The third-order valence-corrected chi connectivity index (χ3v) is 6.78. The SMILES string of the molecule is CCOc1ccc(COc2ccc3c(c2)C=C(C(=O)O)CC(C)S3(=O)=O)cc1. The fourth-order valence-electron chi connectivity index (χ4n) is 3.04. The highest BCUT2D eigenvalue weighted by molar-refractivity contribution is 7.92. The average Bonchev–Trinajstić information content (AvgIpc) is 2.76. The molecule has 0 spiro atoms. The lowest BCUT2D eigenvalue weighted by Gasteiger charge is -2.13. The van der Waals surface area contributed by atoms with Gasteiger partial charge in [-0.1, -0.05) is 12.1 Å². The molecule has 2 aromatic carbocycles. The summed E-state index contributed by atoms with van der Waals surface area (Å²) in [6.45, 7) is 4.33. The molecular weight excluding hydrogens is 380 g/mol. The van der Waals surface area contributed by atoms with Crippen LogP contribution in [0.5, 0.6) is 11.5 Å². The Kier molecular flexibility index (Phi) is 5.74. The second kappa shape index (κ2) is 8.06. The fourth-order valence-corrected chi connectivity index (χ4v) is 4.57. The second-order valence-corrected chi connectivity index (χ2v) is 8.93. The van der Waals surface area contributed by atoms with Crippen LogP contribution in [0, 0.1) is 0 Å². The van der Waals surface area contributed by atoms with Crippen LogP contribution in [0.2, 0.25) is 0 Å². The van der Waals surface area contributed by atoms with Gasteiger partial charge >= 0.3 is 5.97 Å². The zero-order chi connectivity index (χ0) is 20.3. The van der Waals surface area contributed by atoms with Gasteiger partial charge in [0, 0.05) is 5.57 Å². The number of ether oxygens (including phenoxy) is 2. The molecule has 0 saturated carbocycles. The van der Waals surface area contributed by atoms with E-state index in [0.717, 1.165) is 11.3 Å². The average molecular weight is 402 g/mol. The van der Waals surface area contributed by atoms with Gasteiger partial charge < -0.3 is 14.6 Å². The van der Waals surface area contributed by atoms with Gasteiger partial charge in [-0.2, -0.15) is 0 Å². The minimum atomic E-state index is -3.60. The van der Waals surface area contributed by atoms with E-state index in [2.05, 4.69) is 0 Å². The Morgan fingerprint density at radius 2 is 1.79 bits per heavy atom. The van der Waals surface area contributed by atoms with E-state index in [9.17, 15) is 18.3 Å². The van der Waals surface area contributed by atoms with Gasteiger partial charge in [-0.25, -0.2) is 13.2 Å². The molecule has 0 radical (unpaired) electrons. The van der Waals surface area contributed by atoms with Crippen molar-refractivity contribution < 1.29 is 27.8 Å². The van der Waals surface area contributed by atoms with Crippen LogP contribution in [-0.2, 0) is 21.2 Å². The highest BCUT2D eigenvalue weighted by Gasteiger charge is 2.31. The van der Waals surface area contributed by atoms with E-state index in [4.69, 9.17) is 9.47 Å². The van der Waals surface area contributed by atoms with Gasteiger partial charge in [-0.15, -0.1) is 0 Å². The number of fused-ring (bicyclic) bond motifs is 1. The normalized spacial score (nSPS) is 17.8. The van der Waals surface area contributed by atoms with Crippen LogP contribution in [0.15, 0.2) is 52.9 Å². The number of carbonyl (C=O) groups is 1. The van der Waals surface area contributed by atoms with Gasteiger partial charge in [0.1, 0.15) is 18.1 Å². The van der Waals surface area contributed by atoms with Crippen LogP contribution in [0.4, 0.5) is 0 Å². The molecule has 6 nitrogen and oxygen atoms in total. The van der Waals surface area contributed by atoms with Crippen molar-refractivity contribution in [3.63, 3.8) is 0 Å². The predicted octanol–water partition coefficient (Wildman–Crippen LogP) is 3.70. The minimum absolute atomic E-state index is 0.0330. The molecule has 0 amide bonds. The summed E-state index contributed by atoms with van der Waals surface area (Å²) in [6, 6.07) is 12.1. The Morgan fingerprint density at radius 1 is 1.11 bits per heavy atom. The van der Waals surface area contributed by atoms with Gasteiger partial charge in [0.2, 0.25) is 0 Å². The molecule has 1 unspecified atom stereocenters. The molecule has 0 saturated heterocycles. The van der Waals surface area contributed by atoms with Crippen LogP contribution < -0.4 is 9.47 Å². The fraction of sp³-hybridized carbons (Fsp3) is 0.286. The molecule has 3 rings (SSSR count). The summed E-state index contributed by atoms with van der Waals surface area (Å²) in [5.41, 5.74) is 1.34. The van der Waals surface area contributed by atoms with Gasteiger partial charge in [0.05, 0.1) is 16.8 Å². The third-order valence-electron chi connectivity index (χ3n) is 4.57. The van der Waals surface area contributed by atoms with Gasteiger partial charge in [-0.3, -0.25) is 0 Å². The standard InChI is InChI=1S/C21H22O6S/c1-3-26-18-6-4-15(5-7-18)13-27-19-8-9-20-16(12-19)11-17(21(22)23)10-14(2)28(20,24)25/h4-9,11-12,14H,3,10,13H2,1-2H3,(H,22,23). The van der Waals surface area contributed by atoms with Crippen LogP contribution >= 0.6 is 0 Å². The van der Waals surface area contributed by atoms with Crippen molar-refractivity contribution in [3.8, 4) is 11.5 Å². The van der Waals surface area contributed by atoms with E-state index >= 15 is 0 Å². The summed E-state index contributed by atoms with van der Waals surface area (Å²) >= 11 is 0. The van der Waals surface area contributed by atoms with Crippen molar-refractivity contribution in [2.75, 3.05) is 6.61 Å². The number of carboxylic acids is 1. The summed E-state index contributed by atoms with van der Waals surface area (Å²) in [5, 5.41) is 8.55. The summed E-state index contributed by atoms with van der Waals surface area (Å²) in [7, 11) is -3.60. The molecule has 148 valence electrons. The first-order valence-electron chi connectivity index (χ1n) is 8.97. The van der Waals surface area contributed by atoms with Gasteiger partial charge in [-0.05, 0) is 67.8 Å². The van der Waals surface area contributed by atoms with Crippen LogP contribution in [0.3, 0.4) is 0 Å². The lowest BCUT2D eigenvalue weighted by molar-refractivity contribution is -0.132. The molecule has 1 heterocycles. The Labute approximate surface area is 164 Å². The van der Waals surface area contributed by atoms with Crippen molar-refractivity contribution in [3.05, 3.63) is 59.2 Å². The smallest absolute Gasteiger partial charge is 0.331 e. The predicted molar refractivity (Wildman–Crippen MR) is 105 cm³/mol. The molecule has 1 aliphatic heterocycles. The Morgan fingerprint density at radius 3 is 2.43 bits per heavy atom. The van der Waals surface area contributed by atoms with E-state index in [0.29, 0.717) is 24.5 Å². The maximum Gasteiger partial charge on any atom is 0.331 e. The summed E-state index contributed by atoms with van der Waals surface area (Å²) in [4.78, 5) is 11.6. The highest BCUT2D eigenvalue weighted by Crippen LogP contribution is 2.33. The molecule has 0 bridgehead atoms. The van der Waals surface area contributed by atoms with Crippen molar-refractivity contribution in [2.24, 2.45) is 0 Å². The first-order valence-corrected chi connectivity index (χ1v) is 10.5. The summed E-state index contributed by atoms with van der Waals surface area (Å²) < 4.78 is 36.6. The zero-order valence-electron chi connectivity index (χ0n) is 15.7. The van der Waals surface area contributed by atoms with E-state index < -0.39 is 21.1 Å². The second-order valence-electron chi connectivity index (χ2n) is 6.60. The molecule has 1 atom stereocenters. The summed E-state index contributed by atoms with van der Waals surface area (Å²) in [6.07, 6.45) is 1.39. The molecular formula is C21H22O6S. The summed E-state index contributed by atoms with van der Waals surface area (Å²) in [5.74, 6) is 0.135. The molecule has 0 fully saturated rings. The highest BCUT2D eigenvalue weighted by atomic mass is 32.2. The first-order chi connectivity index (χ1) is 13.3. The minimum Gasteiger partial charge on any atom is -0.494 e. The Hall–Kier alpha value is -2.80. The topological polar surface area (TPSA) is 89.9 Å². The number of hydrogen-bond donors (Lipinski definition) is 1. The molecule has 0 aliphatic carbocycles. The molecule has 0 aromatic heterocycles. The van der Waals surface area contributed by atoms with Crippen molar-refractivity contribution in [1.29, 1.82) is 0 Å². The number of sulfone groups is 1. The molecule has 1 aliphatic rings. The Balaban J connectivity index is 1.85. The van der Waals surface area contributed by atoms with Crippen LogP contribution in [0.25, 0.3) is 6.08 Å². The van der Waals surface area contributed by atoms with Crippen molar-refractivity contribution in [2.45, 2.75) is 37.0 Å². The number of carboxylic acid groups (broad SMARTS) is 1. The first kappa shape index (κ1) is 19.9. The molecule has 1 N–H and O–H groups in total. The monoisotopic (exact) mass is 402 g/mol. The third kappa shape index (κ3) is 4.20. The molecule has 2 aromatic rings. The molecule has 7 heteroatoms. The van der Waals surface area contributed by atoms with Gasteiger partial charge in [0.25, 0.3) is 0 Å². The van der Waals surface area contributed by atoms with Crippen molar-refractivity contribution >= 4 is 21.9 Å². The number of benzene rings is 2. The van der Waals surface area contributed by atoms with Gasteiger partial charge in [0.15, 0.2) is 9.84 Å². The maximum atomic E-state index is 12.7. The number of aliphatic carboxylic acids is 1. The van der Waals surface area contributed by atoms with E-state index in [1.165, 1.54) is 19.1 Å². The Bertz CT molecular complexity index is 1010. The largest absolute Gasteiger partial charge is 0.494 e. The lowest BCUT2D eigenvalue weighted by Crippen LogP contribution is -2.19. The van der Waals surface area contributed by atoms with Crippen LogP contribution in [0.1, 0.15) is 31.4 Å². The van der Waals surface area contributed by atoms with E-state index in [1.807, 2.05) is 31.2 Å². The zero-order valence-corrected chi connectivity index (χ0v) is 16.5. The van der Waals surface area contributed by atoms with Crippen molar-refractivity contribution in [1.82, 2.24) is 0 Å². The number of rotatable bonds is 6. The quantitative estimate of drug-likeness (QED) is 0.792. The van der Waals surface area contributed by atoms with Crippen LogP contribution in [-0.4, -0.2) is 31.4 Å². The van der Waals surface area contributed by atoms with E-state index in [-0.39, 0.29) is 16.9 Å².